The highest BCUT2D eigenvalue weighted by Gasteiger charge is 2.53. The second-order valence-electron chi connectivity index (χ2n) is 8.80. The maximum absolute atomic E-state index is 4.52. The van der Waals surface area contributed by atoms with Crippen LogP contribution in [0.1, 0.15) is 41.5 Å². The molecule has 2 aliphatic heterocycles. The van der Waals surface area contributed by atoms with E-state index in [4.69, 9.17) is 0 Å². The fourth-order valence-corrected chi connectivity index (χ4v) is 3.75. The van der Waals surface area contributed by atoms with Crippen LogP contribution in [0.4, 0.5) is 0 Å². The molecule has 1 N–H and O–H groups in total. The maximum Gasteiger partial charge on any atom is 0.194 e. The Morgan fingerprint density at radius 2 is 1.64 bits per heavy atom. The molecule has 0 spiro atoms. The van der Waals surface area contributed by atoms with Gasteiger partial charge in [0.1, 0.15) is 0 Å². The fraction of sp³-hybridized carbons (Fsp3) is 0.947. The average molecular weight is 465 g/mol. The van der Waals surface area contributed by atoms with E-state index in [1.807, 2.05) is 7.05 Å². The number of hydrogen-bond acceptors (Lipinski definition) is 3. The van der Waals surface area contributed by atoms with Gasteiger partial charge in [0, 0.05) is 63.8 Å². The van der Waals surface area contributed by atoms with E-state index in [1.165, 1.54) is 39.3 Å². The molecule has 5 nitrogen and oxygen atoms in total. The van der Waals surface area contributed by atoms with Gasteiger partial charge in [-0.3, -0.25) is 4.99 Å². The predicted octanol–water partition coefficient (Wildman–Crippen LogP) is 2.57. The molecule has 2 aliphatic rings. The highest BCUT2D eigenvalue weighted by atomic mass is 127. The molecule has 0 radical (unpaired) electrons. The Labute approximate surface area is 172 Å². The number of hydrogen-bond donors (Lipinski definition) is 1. The second-order valence-corrected chi connectivity index (χ2v) is 8.80. The Balaban J connectivity index is 0.00000312. The number of halogens is 1. The average Bonchev–Trinajstić information content (AvgIpc) is 2.55. The SMILES string of the molecule is CCN1CCN(CC(C)CNC(=NC)N2CC(C)(C)C2(C)C)CC1.I. The molecule has 2 fully saturated rings. The van der Waals surface area contributed by atoms with Gasteiger partial charge in [-0.25, -0.2) is 0 Å². The van der Waals surface area contributed by atoms with Crippen LogP contribution >= 0.6 is 24.0 Å². The zero-order valence-corrected chi connectivity index (χ0v) is 19.8. The van der Waals surface area contributed by atoms with Crippen LogP contribution in [-0.4, -0.2) is 85.6 Å². The van der Waals surface area contributed by atoms with Crippen LogP contribution in [0.15, 0.2) is 4.99 Å². The summed E-state index contributed by atoms with van der Waals surface area (Å²) >= 11 is 0. The molecule has 0 amide bonds. The first-order valence-electron chi connectivity index (χ1n) is 9.64. The number of likely N-dealkylation sites (tertiary alicyclic amines) is 1. The second kappa shape index (κ2) is 9.22. The van der Waals surface area contributed by atoms with Gasteiger partial charge in [-0.2, -0.15) is 0 Å². The van der Waals surface area contributed by atoms with Gasteiger partial charge in [0.25, 0.3) is 0 Å². The largest absolute Gasteiger partial charge is 0.356 e. The van der Waals surface area contributed by atoms with Crippen LogP contribution in [0.3, 0.4) is 0 Å². The number of nitrogens with zero attached hydrogens (tertiary/aromatic N) is 4. The van der Waals surface area contributed by atoms with E-state index in [1.54, 1.807) is 0 Å². The van der Waals surface area contributed by atoms with Gasteiger partial charge in [-0.1, -0.05) is 27.7 Å². The van der Waals surface area contributed by atoms with Gasteiger partial charge >= 0.3 is 0 Å². The zero-order chi connectivity index (χ0) is 18.0. The normalized spacial score (nSPS) is 25.1. The van der Waals surface area contributed by atoms with Crippen LogP contribution in [0.5, 0.6) is 0 Å². The minimum atomic E-state index is 0. The standard InChI is InChI=1S/C19H39N5.HI/c1-8-22-9-11-23(12-10-22)14-16(2)13-21-17(20-7)24-15-18(3,4)19(24,5)6;/h16H,8-15H2,1-7H3,(H,20,21);1H. The zero-order valence-electron chi connectivity index (χ0n) is 17.4. The quantitative estimate of drug-likeness (QED) is 0.385. The summed E-state index contributed by atoms with van der Waals surface area (Å²) in [5, 5.41) is 3.61. The van der Waals surface area contributed by atoms with Crippen molar-refractivity contribution in [2.45, 2.75) is 47.1 Å². The van der Waals surface area contributed by atoms with E-state index < -0.39 is 0 Å². The summed E-state index contributed by atoms with van der Waals surface area (Å²) < 4.78 is 0. The lowest BCUT2D eigenvalue weighted by Gasteiger charge is -2.62. The topological polar surface area (TPSA) is 34.1 Å². The van der Waals surface area contributed by atoms with E-state index >= 15 is 0 Å². The van der Waals surface area contributed by atoms with Gasteiger partial charge in [-0.15, -0.1) is 24.0 Å². The van der Waals surface area contributed by atoms with Crippen molar-refractivity contribution in [1.82, 2.24) is 20.0 Å². The molecular weight excluding hydrogens is 425 g/mol. The summed E-state index contributed by atoms with van der Waals surface area (Å²) in [5.74, 6) is 1.69. The minimum absolute atomic E-state index is 0. The van der Waals surface area contributed by atoms with Crippen molar-refractivity contribution >= 4 is 29.9 Å². The Hall–Kier alpha value is -0.0800. The van der Waals surface area contributed by atoms with Gasteiger partial charge in [0.05, 0.1) is 0 Å². The van der Waals surface area contributed by atoms with Crippen LogP contribution in [-0.2, 0) is 0 Å². The molecule has 148 valence electrons. The molecule has 0 aliphatic carbocycles. The van der Waals surface area contributed by atoms with Gasteiger partial charge in [-0.05, 0) is 26.3 Å². The molecule has 0 aromatic heterocycles. The van der Waals surface area contributed by atoms with E-state index in [0.29, 0.717) is 11.3 Å². The highest BCUT2D eigenvalue weighted by molar-refractivity contribution is 14.0. The molecule has 1 atom stereocenters. The van der Waals surface area contributed by atoms with Crippen molar-refractivity contribution < 1.29 is 0 Å². The maximum atomic E-state index is 4.52. The molecule has 1 unspecified atom stereocenters. The molecule has 2 saturated heterocycles. The smallest absolute Gasteiger partial charge is 0.194 e. The molecule has 0 saturated carbocycles. The van der Waals surface area contributed by atoms with E-state index in [-0.39, 0.29) is 29.5 Å². The highest BCUT2D eigenvalue weighted by Crippen LogP contribution is 2.46. The lowest BCUT2D eigenvalue weighted by atomic mass is 9.65. The molecule has 2 rings (SSSR count). The van der Waals surface area contributed by atoms with Crippen molar-refractivity contribution in [3.8, 4) is 0 Å². The molecule has 0 bridgehead atoms. The predicted molar refractivity (Wildman–Crippen MR) is 119 cm³/mol. The van der Waals surface area contributed by atoms with Crippen molar-refractivity contribution in [2.24, 2.45) is 16.3 Å². The lowest BCUT2D eigenvalue weighted by Crippen LogP contribution is -2.72. The molecule has 25 heavy (non-hydrogen) atoms. The number of nitrogens with one attached hydrogen (secondary N) is 1. The Kier molecular flexibility index (Phi) is 8.47. The van der Waals surface area contributed by atoms with Crippen molar-refractivity contribution in [3.63, 3.8) is 0 Å². The molecule has 2 heterocycles. The minimum Gasteiger partial charge on any atom is -0.356 e. The van der Waals surface area contributed by atoms with Gasteiger partial charge in [0.2, 0.25) is 0 Å². The number of rotatable bonds is 5. The summed E-state index contributed by atoms with van der Waals surface area (Å²) in [6.07, 6.45) is 0. The van der Waals surface area contributed by atoms with E-state index in [0.717, 1.165) is 19.0 Å². The monoisotopic (exact) mass is 465 g/mol. The van der Waals surface area contributed by atoms with E-state index in [9.17, 15) is 0 Å². The first-order valence-corrected chi connectivity index (χ1v) is 9.64. The number of piperazine rings is 1. The Morgan fingerprint density at radius 1 is 1.08 bits per heavy atom. The van der Waals surface area contributed by atoms with E-state index in [2.05, 4.69) is 66.6 Å². The Bertz CT molecular complexity index is 441. The van der Waals surface area contributed by atoms with Crippen molar-refractivity contribution in [2.75, 3.05) is 59.4 Å². The third-order valence-electron chi connectivity index (χ3n) is 6.44. The fourth-order valence-electron chi connectivity index (χ4n) is 3.75. The van der Waals surface area contributed by atoms with Crippen molar-refractivity contribution in [3.05, 3.63) is 0 Å². The number of aliphatic imine (C=N–C) groups is 1. The summed E-state index contributed by atoms with van der Waals surface area (Å²) in [6.45, 7) is 23.2. The number of likely N-dealkylation sites (N-methyl/N-ethyl adjacent to an activating group) is 1. The van der Waals surface area contributed by atoms with Crippen molar-refractivity contribution in [1.29, 1.82) is 0 Å². The third-order valence-corrected chi connectivity index (χ3v) is 6.44. The summed E-state index contributed by atoms with van der Waals surface area (Å²) in [6, 6.07) is 0. The molecule has 6 heteroatoms. The summed E-state index contributed by atoms with van der Waals surface area (Å²) in [7, 11) is 1.90. The molecule has 0 aromatic rings. The summed E-state index contributed by atoms with van der Waals surface area (Å²) in [4.78, 5) is 12.1. The number of guanidine groups is 1. The van der Waals surface area contributed by atoms with Gasteiger partial charge < -0.3 is 20.0 Å². The molecule has 0 aromatic carbocycles. The van der Waals surface area contributed by atoms with Crippen LogP contribution < -0.4 is 5.32 Å². The first-order chi connectivity index (χ1) is 11.2. The molecular formula is C19H40IN5. The van der Waals surface area contributed by atoms with Crippen LogP contribution in [0, 0.1) is 11.3 Å². The summed E-state index contributed by atoms with van der Waals surface area (Å²) in [5.41, 5.74) is 0.504. The van der Waals surface area contributed by atoms with Crippen LogP contribution in [0.25, 0.3) is 0 Å². The van der Waals surface area contributed by atoms with Gasteiger partial charge in [0.15, 0.2) is 5.96 Å². The lowest BCUT2D eigenvalue weighted by molar-refractivity contribution is -0.0668. The first kappa shape index (κ1) is 23.0. The van der Waals surface area contributed by atoms with Crippen LogP contribution in [0.2, 0.25) is 0 Å². The Morgan fingerprint density at radius 3 is 2.08 bits per heavy atom. The third kappa shape index (κ3) is 5.22.